The minimum absolute atomic E-state index is 0.120. The van der Waals surface area contributed by atoms with Crippen molar-refractivity contribution in [2.24, 2.45) is 0 Å². The average Bonchev–Trinajstić information content (AvgIpc) is 2.76. The minimum Gasteiger partial charge on any atom is -0.338 e. The third-order valence-corrected chi connectivity index (χ3v) is 4.17. The van der Waals surface area contributed by atoms with Crippen LogP contribution in [0.25, 0.3) is 0 Å². The Morgan fingerprint density at radius 1 is 1.33 bits per heavy atom. The van der Waals surface area contributed by atoms with E-state index in [2.05, 4.69) is 25.8 Å². The van der Waals surface area contributed by atoms with Crippen molar-refractivity contribution in [2.75, 3.05) is 4.72 Å². The fourth-order valence-corrected chi connectivity index (χ4v) is 2.57. The Morgan fingerprint density at radius 2 is 2.00 bits per heavy atom. The average molecular weight is 331 g/mol. The number of nitrogens with one attached hydrogen (secondary N) is 1. The molecule has 2 aromatic rings. The van der Waals surface area contributed by atoms with E-state index in [9.17, 15) is 8.42 Å². The van der Waals surface area contributed by atoms with E-state index in [1.165, 1.54) is 12.1 Å². The Balaban J connectivity index is 2.24. The molecular weight excluding hydrogens is 320 g/mol. The number of nitrogens with zero attached hydrogens (tertiary/aromatic N) is 1. The highest BCUT2D eigenvalue weighted by molar-refractivity contribution is 9.10. The first-order valence-corrected chi connectivity index (χ1v) is 7.53. The van der Waals surface area contributed by atoms with E-state index in [1.807, 2.05) is 6.92 Å². The molecule has 1 aromatic carbocycles. The van der Waals surface area contributed by atoms with Gasteiger partial charge in [0, 0.05) is 10.5 Å². The van der Waals surface area contributed by atoms with Crippen LogP contribution in [0.2, 0.25) is 0 Å². The summed E-state index contributed by atoms with van der Waals surface area (Å²) in [6.07, 6.45) is 0.684. The maximum Gasteiger partial charge on any atom is 0.264 e. The molecule has 1 heterocycles. The van der Waals surface area contributed by atoms with Gasteiger partial charge >= 0.3 is 0 Å². The van der Waals surface area contributed by atoms with Crippen molar-refractivity contribution in [3.05, 3.63) is 40.5 Å². The van der Waals surface area contributed by atoms with Gasteiger partial charge in [-0.15, -0.1) is 0 Å². The van der Waals surface area contributed by atoms with Crippen molar-refractivity contribution in [1.29, 1.82) is 0 Å². The van der Waals surface area contributed by atoms with Crippen LogP contribution in [0.3, 0.4) is 0 Å². The Hall–Kier alpha value is -1.34. The van der Waals surface area contributed by atoms with Crippen molar-refractivity contribution in [3.63, 3.8) is 0 Å². The van der Waals surface area contributed by atoms with Crippen LogP contribution in [0, 0.1) is 0 Å². The van der Waals surface area contributed by atoms with Gasteiger partial charge in [0.2, 0.25) is 5.88 Å². The molecule has 0 bridgehead atoms. The summed E-state index contributed by atoms with van der Waals surface area (Å²) in [5, 5.41) is 3.72. The Bertz CT molecular complexity index is 635. The predicted octanol–water partition coefficient (Wildman–Crippen LogP) is 2.80. The number of sulfonamides is 1. The van der Waals surface area contributed by atoms with Crippen LogP contribution in [0.15, 0.2) is 44.2 Å². The lowest BCUT2D eigenvalue weighted by atomic mass is 10.3. The zero-order valence-corrected chi connectivity index (χ0v) is 12.0. The van der Waals surface area contributed by atoms with Crippen LogP contribution in [0.4, 0.5) is 5.88 Å². The van der Waals surface area contributed by atoms with E-state index in [4.69, 9.17) is 4.52 Å². The standard InChI is InChI=1S/C11H11BrN2O3S/c1-2-9-7-11(17-13-9)14-18(15,16)10-5-3-8(12)4-6-10/h3-7,14H,2H2,1H3. The summed E-state index contributed by atoms with van der Waals surface area (Å²) in [7, 11) is -3.63. The van der Waals surface area contributed by atoms with Gasteiger partial charge in [-0.05, 0) is 30.7 Å². The molecule has 0 amide bonds. The normalized spacial score (nSPS) is 11.4. The number of hydrogen-bond donors (Lipinski definition) is 1. The smallest absolute Gasteiger partial charge is 0.264 e. The van der Waals surface area contributed by atoms with Gasteiger partial charge in [0.15, 0.2) is 0 Å². The highest BCUT2D eigenvalue weighted by Gasteiger charge is 2.16. The number of benzene rings is 1. The van der Waals surface area contributed by atoms with Gasteiger partial charge in [-0.1, -0.05) is 28.0 Å². The van der Waals surface area contributed by atoms with Gasteiger partial charge in [-0.25, -0.2) is 13.1 Å². The fraction of sp³-hybridized carbons (Fsp3) is 0.182. The molecule has 1 aromatic heterocycles. The molecule has 0 saturated heterocycles. The summed E-state index contributed by atoms with van der Waals surface area (Å²) >= 11 is 3.25. The third kappa shape index (κ3) is 2.91. The molecule has 96 valence electrons. The second-order valence-corrected chi connectivity index (χ2v) is 6.19. The molecule has 0 spiro atoms. The number of anilines is 1. The van der Waals surface area contributed by atoms with Crippen LogP contribution < -0.4 is 4.72 Å². The van der Waals surface area contributed by atoms with Gasteiger partial charge in [0.25, 0.3) is 10.0 Å². The molecule has 0 saturated carbocycles. The van der Waals surface area contributed by atoms with E-state index in [-0.39, 0.29) is 10.8 Å². The molecule has 0 aliphatic heterocycles. The molecule has 0 radical (unpaired) electrons. The summed E-state index contributed by atoms with van der Waals surface area (Å²) in [4.78, 5) is 0.167. The molecule has 0 fully saturated rings. The number of aryl methyl sites for hydroxylation is 1. The maximum absolute atomic E-state index is 12.0. The topological polar surface area (TPSA) is 72.2 Å². The van der Waals surface area contributed by atoms with Crippen LogP contribution >= 0.6 is 15.9 Å². The zero-order valence-electron chi connectivity index (χ0n) is 9.55. The molecule has 0 unspecified atom stereocenters. The quantitative estimate of drug-likeness (QED) is 0.935. The highest BCUT2D eigenvalue weighted by Crippen LogP contribution is 2.19. The van der Waals surface area contributed by atoms with Crippen LogP contribution in [-0.2, 0) is 16.4 Å². The van der Waals surface area contributed by atoms with E-state index in [0.717, 1.165) is 4.47 Å². The molecule has 7 heteroatoms. The number of halogens is 1. The van der Waals surface area contributed by atoms with Gasteiger partial charge in [-0.3, -0.25) is 0 Å². The van der Waals surface area contributed by atoms with Crippen molar-refractivity contribution in [1.82, 2.24) is 5.16 Å². The van der Waals surface area contributed by atoms with Gasteiger partial charge in [0.05, 0.1) is 10.6 Å². The van der Waals surface area contributed by atoms with Gasteiger partial charge < -0.3 is 4.52 Å². The first kappa shape index (κ1) is 13.1. The Kier molecular flexibility index (Phi) is 3.72. The second-order valence-electron chi connectivity index (χ2n) is 3.60. The predicted molar refractivity (Wildman–Crippen MR) is 70.8 cm³/mol. The molecular formula is C11H11BrN2O3S. The zero-order chi connectivity index (χ0) is 13.2. The summed E-state index contributed by atoms with van der Waals surface area (Å²) in [5.74, 6) is 0.120. The van der Waals surface area contributed by atoms with Crippen molar-refractivity contribution in [3.8, 4) is 0 Å². The second kappa shape index (κ2) is 5.11. The number of rotatable bonds is 4. The van der Waals surface area contributed by atoms with E-state index in [0.29, 0.717) is 12.1 Å². The van der Waals surface area contributed by atoms with E-state index in [1.54, 1.807) is 18.2 Å². The lowest BCUT2D eigenvalue weighted by molar-refractivity contribution is 0.427. The molecule has 5 nitrogen and oxygen atoms in total. The summed E-state index contributed by atoms with van der Waals surface area (Å²) in [5.41, 5.74) is 0.698. The summed E-state index contributed by atoms with van der Waals surface area (Å²) in [6, 6.07) is 7.89. The lowest BCUT2D eigenvalue weighted by Crippen LogP contribution is -2.12. The molecule has 0 atom stereocenters. The monoisotopic (exact) mass is 330 g/mol. The summed E-state index contributed by atoms with van der Waals surface area (Å²) < 4.78 is 32.0. The van der Waals surface area contributed by atoms with Crippen molar-refractivity contribution < 1.29 is 12.9 Å². The molecule has 1 N–H and O–H groups in total. The lowest BCUT2D eigenvalue weighted by Gasteiger charge is -2.04. The SMILES string of the molecule is CCc1cc(NS(=O)(=O)c2ccc(Br)cc2)on1. The summed E-state index contributed by atoms with van der Waals surface area (Å²) in [6.45, 7) is 1.91. The van der Waals surface area contributed by atoms with Crippen LogP contribution in [0.5, 0.6) is 0 Å². The number of hydrogen-bond acceptors (Lipinski definition) is 4. The fourth-order valence-electron chi connectivity index (χ4n) is 1.33. The Morgan fingerprint density at radius 3 is 2.56 bits per heavy atom. The molecule has 18 heavy (non-hydrogen) atoms. The largest absolute Gasteiger partial charge is 0.338 e. The van der Waals surface area contributed by atoms with Crippen molar-refractivity contribution in [2.45, 2.75) is 18.2 Å². The van der Waals surface area contributed by atoms with Crippen LogP contribution in [-0.4, -0.2) is 13.6 Å². The third-order valence-electron chi connectivity index (χ3n) is 2.28. The minimum atomic E-state index is -3.63. The van der Waals surface area contributed by atoms with Gasteiger partial charge in [-0.2, -0.15) is 0 Å². The van der Waals surface area contributed by atoms with E-state index < -0.39 is 10.0 Å². The van der Waals surface area contributed by atoms with Gasteiger partial charge in [0.1, 0.15) is 0 Å². The first-order chi connectivity index (χ1) is 8.51. The Labute approximate surface area is 113 Å². The number of aromatic nitrogens is 1. The molecule has 0 aliphatic rings. The molecule has 2 rings (SSSR count). The first-order valence-electron chi connectivity index (χ1n) is 5.25. The van der Waals surface area contributed by atoms with Crippen molar-refractivity contribution >= 4 is 31.8 Å². The van der Waals surface area contributed by atoms with E-state index >= 15 is 0 Å². The molecule has 0 aliphatic carbocycles. The highest BCUT2D eigenvalue weighted by atomic mass is 79.9. The maximum atomic E-state index is 12.0. The van der Waals surface area contributed by atoms with Crippen LogP contribution in [0.1, 0.15) is 12.6 Å².